The molecule has 88 valence electrons. The molecule has 0 aliphatic rings. The van der Waals surface area contributed by atoms with E-state index < -0.39 is 12.0 Å². The average Bonchev–Trinajstić information content (AvgIpc) is 2.35. The molecule has 0 fully saturated rings. The molecule has 1 aromatic rings. The van der Waals surface area contributed by atoms with Crippen LogP contribution < -0.4 is 10.5 Å². The molecule has 0 amide bonds. The number of hydrogen-bond acceptors (Lipinski definition) is 6. The number of aromatic nitrogens is 2. The molecule has 1 heterocycles. The second-order valence-corrected chi connectivity index (χ2v) is 3.17. The quantitative estimate of drug-likeness (QED) is 0.705. The lowest BCUT2D eigenvalue weighted by atomic mass is 10.3. The van der Waals surface area contributed by atoms with Gasteiger partial charge in [-0.05, 0) is 12.0 Å². The summed E-state index contributed by atoms with van der Waals surface area (Å²) in [5.41, 5.74) is 6.49. The van der Waals surface area contributed by atoms with Crippen LogP contribution in [0.4, 0.5) is 0 Å². The molecule has 0 aromatic carbocycles. The standard InChI is InChI=1S/C10H15N3O3/c1-3-7-4-12-10(13-5-7)16-6-8(11)9(14)15-2/h4-5,8H,3,6,11H2,1-2H3. The van der Waals surface area contributed by atoms with E-state index in [0.717, 1.165) is 12.0 Å². The monoisotopic (exact) mass is 225 g/mol. The lowest BCUT2D eigenvalue weighted by Gasteiger charge is -2.09. The number of nitrogens with zero attached hydrogens (tertiary/aromatic N) is 2. The highest BCUT2D eigenvalue weighted by Gasteiger charge is 2.14. The van der Waals surface area contributed by atoms with Crippen LogP contribution in [0.15, 0.2) is 12.4 Å². The summed E-state index contributed by atoms with van der Waals surface area (Å²) in [4.78, 5) is 18.9. The molecule has 6 heteroatoms. The fourth-order valence-corrected chi connectivity index (χ4v) is 0.984. The number of esters is 1. The number of carbonyl (C=O) groups excluding carboxylic acids is 1. The van der Waals surface area contributed by atoms with Crippen molar-refractivity contribution >= 4 is 5.97 Å². The number of nitrogens with two attached hydrogens (primary N) is 1. The Labute approximate surface area is 93.8 Å². The lowest BCUT2D eigenvalue weighted by Crippen LogP contribution is -2.37. The number of hydrogen-bond donors (Lipinski definition) is 1. The van der Waals surface area contributed by atoms with Crippen LogP contribution in [-0.4, -0.2) is 35.7 Å². The first-order chi connectivity index (χ1) is 7.67. The van der Waals surface area contributed by atoms with Gasteiger partial charge in [0.15, 0.2) is 0 Å². The van der Waals surface area contributed by atoms with Gasteiger partial charge in [-0.1, -0.05) is 6.92 Å². The molecular formula is C10H15N3O3. The number of aryl methyl sites for hydroxylation is 1. The minimum Gasteiger partial charge on any atom is -0.468 e. The van der Waals surface area contributed by atoms with Gasteiger partial charge in [-0.25, -0.2) is 9.97 Å². The Bertz CT molecular complexity index is 340. The fraction of sp³-hybridized carbons (Fsp3) is 0.500. The van der Waals surface area contributed by atoms with Crippen LogP contribution in [0.2, 0.25) is 0 Å². The topological polar surface area (TPSA) is 87.3 Å². The van der Waals surface area contributed by atoms with Crippen LogP contribution in [0, 0.1) is 0 Å². The second-order valence-electron chi connectivity index (χ2n) is 3.17. The van der Waals surface area contributed by atoms with E-state index in [2.05, 4.69) is 14.7 Å². The first-order valence-electron chi connectivity index (χ1n) is 4.94. The first-order valence-corrected chi connectivity index (χ1v) is 4.94. The Morgan fingerprint density at radius 1 is 1.50 bits per heavy atom. The summed E-state index contributed by atoms with van der Waals surface area (Å²) in [5, 5.41) is 0. The smallest absolute Gasteiger partial charge is 0.326 e. The van der Waals surface area contributed by atoms with Crippen molar-refractivity contribution in [1.82, 2.24) is 9.97 Å². The number of methoxy groups -OCH3 is 1. The Kier molecular flexibility index (Phi) is 4.65. The SMILES string of the molecule is CCc1cnc(OCC(N)C(=O)OC)nc1. The minimum atomic E-state index is -0.820. The van der Waals surface area contributed by atoms with E-state index in [1.807, 2.05) is 6.92 Å². The van der Waals surface area contributed by atoms with Crippen molar-refractivity contribution in [2.45, 2.75) is 19.4 Å². The van der Waals surface area contributed by atoms with Crippen molar-refractivity contribution in [3.05, 3.63) is 18.0 Å². The summed E-state index contributed by atoms with van der Waals surface area (Å²) in [6.45, 7) is 2.00. The Morgan fingerprint density at radius 2 is 2.12 bits per heavy atom. The Balaban J connectivity index is 2.45. The van der Waals surface area contributed by atoms with Gasteiger partial charge in [-0.3, -0.25) is 4.79 Å². The summed E-state index contributed by atoms with van der Waals surface area (Å²) in [6, 6.07) is -0.615. The molecule has 1 aromatic heterocycles. The molecule has 0 saturated carbocycles. The van der Waals surface area contributed by atoms with Crippen LogP contribution in [0.1, 0.15) is 12.5 Å². The van der Waals surface area contributed by atoms with Gasteiger partial charge in [-0.15, -0.1) is 0 Å². The third-order valence-corrected chi connectivity index (χ3v) is 1.99. The highest BCUT2D eigenvalue weighted by Crippen LogP contribution is 2.03. The van der Waals surface area contributed by atoms with Crippen molar-refractivity contribution in [1.29, 1.82) is 0 Å². The predicted octanol–water partition coefficient (Wildman–Crippen LogP) is -0.0819. The van der Waals surface area contributed by atoms with E-state index >= 15 is 0 Å². The van der Waals surface area contributed by atoms with Crippen molar-refractivity contribution < 1.29 is 14.3 Å². The highest BCUT2D eigenvalue weighted by atomic mass is 16.5. The zero-order chi connectivity index (χ0) is 12.0. The van der Waals surface area contributed by atoms with E-state index in [-0.39, 0.29) is 12.6 Å². The first kappa shape index (κ1) is 12.4. The molecule has 1 rings (SSSR count). The number of carbonyl (C=O) groups is 1. The van der Waals surface area contributed by atoms with Crippen LogP contribution in [-0.2, 0) is 16.0 Å². The second kappa shape index (κ2) is 6.02. The predicted molar refractivity (Wildman–Crippen MR) is 56.9 cm³/mol. The van der Waals surface area contributed by atoms with Crippen molar-refractivity contribution in [2.75, 3.05) is 13.7 Å². The summed E-state index contributed by atoms with van der Waals surface area (Å²) in [7, 11) is 1.27. The van der Waals surface area contributed by atoms with E-state index in [1.165, 1.54) is 7.11 Å². The van der Waals surface area contributed by atoms with Crippen LogP contribution in [0.5, 0.6) is 6.01 Å². The average molecular weight is 225 g/mol. The molecule has 0 saturated heterocycles. The van der Waals surface area contributed by atoms with Crippen molar-refractivity contribution in [2.24, 2.45) is 5.73 Å². The number of rotatable bonds is 5. The summed E-state index contributed by atoms with van der Waals surface area (Å²) >= 11 is 0. The van der Waals surface area contributed by atoms with Crippen molar-refractivity contribution in [3.63, 3.8) is 0 Å². The van der Waals surface area contributed by atoms with Gasteiger partial charge in [0.2, 0.25) is 0 Å². The van der Waals surface area contributed by atoms with Crippen LogP contribution >= 0.6 is 0 Å². The molecule has 0 bridgehead atoms. The van der Waals surface area contributed by atoms with Crippen LogP contribution in [0.25, 0.3) is 0 Å². The van der Waals surface area contributed by atoms with Gasteiger partial charge < -0.3 is 15.2 Å². The largest absolute Gasteiger partial charge is 0.468 e. The zero-order valence-electron chi connectivity index (χ0n) is 9.34. The summed E-state index contributed by atoms with van der Waals surface area (Å²) in [6.07, 6.45) is 4.21. The third kappa shape index (κ3) is 3.47. The van der Waals surface area contributed by atoms with E-state index in [9.17, 15) is 4.79 Å². The zero-order valence-corrected chi connectivity index (χ0v) is 9.34. The molecular weight excluding hydrogens is 210 g/mol. The molecule has 0 aliphatic carbocycles. The van der Waals surface area contributed by atoms with Gasteiger partial charge >= 0.3 is 12.0 Å². The maximum absolute atomic E-state index is 11.0. The molecule has 0 aliphatic heterocycles. The summed E-state index contributed by atoms with van der Waals surface area (Å²) < 4.78 is 9.59. The maximum atomic E-state index is 11.0. The molecule has 6 nitrogen and oxygen atoms in total. The fourth-order valence-electron chi connectivity index (χ4n) is 0.984. The molecule has 0 spiro atoms. The van der Waals surface area contributed by atoms with Crippen molar-refractivity contribution in [3.8, 4) is 6.01 Å². The van der Waals surface area contributed by atoms with Crippen LogP contribution in [0.3, 0.4) is 0 Å². The van der Waals surface area contributed by atoms with E-state index in [4.69, 9.17) is 10.5 Å². The van der Waals surface area contributed by atoms with Gasteiger partial charge in [0.05, 0.1) is 7.11 Å². The minimum absolute atomic E-state index is 0.00184. The number of ether oxygens (including phenoxy) is 2. The molecule has 2 N–H and O–H groups in total. The van der Waals surface area contributed by atoms with E-state index in [1.54, 1.807) is 12.4 Å². The maximum Gasteiger partial charge on any atom is 0.326 e. The molecule has 1 atom stereocenters. The highest BCUT2D eigenvalue weighted by molar-refractivity contribution is 5.75. The summed E-state index contributed by atoms with van der Waals surface area (Å²) in [5.74, 6) is -0.523. The van der Waals surface area contributed by atoms with Gasteiger partial charge in [0, 0.05) is 12.4 Å². The normalized spacial score (nSPS) is 11.9. The van der Waals surface area contributed by atoms with E-state index in [0.29, 0.717) is 0 Å². The Hall–Kier alpha value is -1.69. The molecule has 1 unspecified atom stereocenters. The van der Waals surface area contributed by atoms with Gasteiger partial charge in [0.25, 0.3) is 0 Å². The molecule has 0 radical (unpaired) electrons. The van der Waals surface area contributed by atoms with Gasteiger partial charge in [-0.2, -0.15) is 0 Å². The third-order valence-electron chi connectivity index (χ3n) is 1.99. The lowest BCUT2D eigenvalue weighted by molar-refractivity contribution is -0.142. The molecule has 16 heavy (non-hydrogen) atoms. The Morgan fingerprint density at radius 3 is 2.62 bits per heavy atom. The van der Waals surface area contributed by atoms with Gasteiger partial charge in [0.1, 0.15) is 12.6 Å².